The summed E-state index contributed by atoms with van der Waals surface area (Å²) < 4.78 is 5.34. The number of hydrogen-bond donors (Lipinski definition) is 3. The molecule has 0 aromatic heterocycles. The van der Waals surface area contributed by atoms with E-state index in [1.807, 2.05) is 26.0 Å². The first-order chi connectivity index (χ1) is 9.43. The van der Waals surface area contributed by atoms with Crippen LogP contribution in [-0.2, 0) is 9.59 Å². The monoisotopic (exact) mass is 281 g/mol. The average Bonchev–Trinajstić information content (AvgIpc) is 2.37. The summed E-state index contributed by atoms with van der Waals surface area (Å²) in [5, 5.41) is 19.9. The Hall–Kier alpha value is -2.08. The van der Waals surface area contributed by atoms with E-state index in [1.165, 1.54) is 0 Å². The molecule has 1 atom stereocenters. The number of aliphatic hydroxyl groups excluding tert-OH is 1. The number of ether oxygens (including phenoxy) is 1. The Morgan fingerprint density at radius 2 is 2.05 bits per heavy atom. The minimum Gasteiger partial charge on any atom is -0.484 e. The second-order valence-electron chi connectivity index (χ2n) is 4.53. The Kier molecular flexibility index (Phi) is 5.99. The SMILES string of the molecule is Cc1ccc(OCC(=O)NC(CCO)C(=O)O)c(C)c1. The highest BCUT2D eigenvalue weighted by Crippen LogP contribution is 2.18. The standard InChI is InChI=1S/C14H19NO5/c1-9-3-4-12(10(2)7-9)20-8-13(17)15-11(5-6-16)14(18)19/h3-4,7,11,16H,5-6,8H2,1-2H3,(H,15,17)(H,18,19). The Morgan fingerprint density at radius 3 is 2.60 bits per heavy atom. The van der Waals surface area contributed by atoms with Crippen molar-refractivity contribution in [2.45, 2.75) is 26.3 Å². The van der Waals surface area contributed by atoms with Gasteiger partial charge in [-0.05, 0) is 25.5 Å². The second-order valence-corrected chi connectivity index (χ2v) is 4.53. The lowest BCUT2D eigenvalue weighted by Gasteiger charge is -2.14. The minimum absolute atomic E-state index is 0.0371. The third kappa shape index (κ3) is 4.89. The smallest absolute Gasteiger partial charge is 0.326 e. The summed E-state index contributed by atoms with van der Waals surface area (Å²) in [7, 11) is 0. The highest BCUT2D eigenvalue weighted by Gasteiger charge is 2.19. The molecule has 0 radical (unpaired) electrons. The molecule has 0 heterocycles. The predicted molar refractivity (Wildman–Crippen MR) is 72.7 cm³/mol. The zero-order valence-corrected chi connectivity index (χ0v) is 11.5. The van der Waals surface area contributed by atoms with Crippen molar-refractivity contribution in [2.24, 2.45) is 0 Å². The maximum absolute atomic E-state index is 11.6. The number of aliphatic carboxylic acids is 1. The molecule has 0 bridgehead atoms. The summed E-state index contributed by atoms with van der Waals surface area (Å²) in [4.78, 5) is 22.4. The molecule has 1 aromatic rings. The largest absolute Gasteiger partial charge is 0.484 e. The van der Waals surface area contributed by atoms with Gasteiger partial charge < -0.3 is 20.3 Å². The third-order valence-electron chi connectivity index (χ3n) is 2.74. The van der Waals surface area contributed by atoms with Crippen molar-refractivity contribution in [2.75, 3.05) is 13.2 Å². The van der Waals surface area contributed by atoms with E-state index in [0.717, 1.165) is 11.1 Å². The van der Waals surface area contributed by atoms with Crippen molar-refractivity contribution in [1.82, 2.24) is 5.32 Å². The number of aryl methyl sites for hydroxylation is 2. The molecule has 1 aromatic carbocycles. The van der Waals surface area contributed by atoms with Gasteiger partial charge in [0.15, 0.2) is 6.61 Å². The first-order valence-corrected chi connectivity index (χ1v) is 6.27. The topological polar surface area (TPSA) is 95.9 Å². The number of aliphatic hydroxyl groups is 1. The normalized spacial score (nSPS) is 11.8. The van der Waals surface area contributed by atoms with E-state index in [9.17, 15) is 9.59 Å². The summed E-state index contributed by atoms with van der Waals surface area (Å²) in [6, 6.07) is 4.46. The van der Waals surface area contributed by atoms with E-state index >= 15 is 0 Å². The lowest BCUT2D eigenvalue weighted by Crippen LogP contribution is -2.43. The van der Waals surface area contributed by atoms with Crippen molar-refractivity contribution in [3.8, 4) is 5.75 Å². The molecule has 6 nitrogen and oxygen atoms in total. The van der Waals surface area contributed by atoms with Crippen LogP contribution in [0.4, 0.5) is 0 Å². The molecule has 1 rings (SSSR count). The van der Waals surface area contributed by atoms with Gasteiger partial charge in [-0.2, -0.15) is 0 Å². The number of rotatable bonds is 7. The Bertz CT molecular complexity index is 486. The quantitative estimate of drug-likeness (QED) is 0.681. The van der Waals surface area contributed by atoms with E-state index in [4.69, 9.17) is 14.9 Å². The summed E-state index contributed by atoms with van der Waals surface area (Å²) in [6.07, 6.45) is -0.0371. The van der Waals surface area contributed by atoms with E-state index in [1.54, 1.807) is 6.07 Å². The maximum atomic E-state index is 11.6. The number of carbonyl (C=O) groups is 2. The van der Waals surface area contributed by atoms with Gasteiger partial charge in [-0.25, -0.2) is 4.79 Å². The van der Waals surface area contributed by atoms with Crippen LogP contribution in [0.3, 0.4) is 0 Å². The highest BCUT2D eigenvalue weighted by atomic mass is 16.5. The van der Waals surface area contributed by atoms with Gasteiger partial charge in [0.1, 0.15) is 11.8 Å². The van der Waals surface area contributed by atoms with Crippen LogP contribution in [-0.4, -0.2) is 41.3 Å². The lowest BCUT2D eigenvalue weighted by molar-refractivity contribution is -0.142. The van der Waals surface area contributed by atoms with Gasteiger partial charge >= 0.3 is 5.97 Å². The van der Waals surface area contributed by atoms with E-state index in [2.05, 4.69) is 5.32 Å². The van der Waals surface area contributed by atoms with E-state index in [0.29, 0.717) is 5.75 Å². The molecule has 0 aliphatic heterocycles. The Balaban J connectivity index is 2.52. The van der Waals surface area contributed by atoms with Crippen molar-refractivity contribution in [3.05, 3.63) is 29.3 Å². The molecule has 6 heteroatoms. The molecule has 1 unspecified atom stereocenters. The molecule has 0 fully saturated rings. The van der Waals surface area contributed by atoms with Crippen molar-refractivity contribution >= 4 is 11.9 Å². The molecule has 0 aliphatic rings. The third-order valence-corrected chi connectivity index (χ3v) is 2.74. The molecule has 0 aliphatic carbocycles. The van der Waals surface area contributed by atoms with Crippen molar-refractivity contribution < 1.29 is 24.5 Å². The molecule has 0 saturated heterocycles. The number of carboxylic acid groups (broad SMARTS) is 1. The Morgan fingerprint density at radius 1 is 1.35 bits per heavy atom. The fourth-order valence-corrected chi connectivity index (χ4v) is 1.73. The highest BCUT2D eigenvalue weighted by molar-refractivity contribution is 5.84. The van der Waals surface area contributed by atoms with Crippen LogP contribution in [0.15, 0.2) is 18.2 Å². The zero-order valence-electron chi connectivity index (χ0n) is 11.5. The number of carboxylic acids is 1. The molecular weight excluding hydrogens is 262 g/mol. The number of benzene rings is 1. The number of amides is 1. The molecule has 1 amide bonds. The average molecular weight is 281 g/mol. The predicted octanol–water partition coefficient (Wildman–Crippen LogP) is 0.634. The first kappa shape index (κ1) is 16.0. The van der Waals surface area contributed by atoms with Crippen LogP contribution in [0.2, 0.25) is 0 Å². The van der Waals surface area contributed by atoms with Crippen LogP contribution < -0.4 is 10.1 Å². The van der Waals surface area contributed by atoms with Crippen molar-refractivity contribution in [3.63, 3.8) is 0 Å². The molecule has 0 saturated carbocycles. The first-order valence-electron chi connectivity index (χ1n) is 6.27. The number of nitrogens with one attached hydrogen (secondary N) is 1. The molecule has 3 N–H and O–H groups in total. The zero-order chi connectivity index (χ0) is 15.1. The van der Waals surface area contributed by atoms with E-state index in [-0.39, 0.29) is 19.6 Å². The molecular formula is C14H19NO5. The van der Waals surface area contributed by atoms with Crippen LogP contribution in [0.1, 0.15) is 17.5 Å². The van der Waals surface area contributed by atoms with Gasteiger partial charge in [-0.15, -0.1) is 0 Å². The molecule has 110 valence electrons. The fourth-order valence-electron chi connectivity index (χ4n) is 1.73. The second kappa shape index (κ2) is 7.49. The summed E-state index contributed by atoms with van der Waals surface area (Å²) in [5.74, 6) is -1.13. The maximum Gasteiger partial charge on any atom is 0.326 e. The van der Waals surface area contributed by atoms with Gasteiger partial charge in [0.05, 0.1) is 0 Å². The van der Waals surface area contributed by atoms with Crippen LogP contribution in [0.25, 0.3) is 0 Å². The number of hydrogen-bond acceptors (Lipinski definition) is 4. The van der Waals surface area contributed by atoms with E-state index < -0.39 is 17.9 Å². The van der Waals surface area contributed by atoms with Gasteiger partial charge in [0, 0.05) is 13.0 Å². The van der Waals surface area contributed by atoms with Gasteiger partial charge in [0.2, 0.25) is 0 Å². The molecule has 20 heavy (non-hydrogen) atoms. The summed E-state index contributed by atoms with van der Waals surface area (Å²) in [6.45, 7) is 3.25. The van der Waals surface area contributed by atoms with Crippen molar-refractivity contribution in [1.29, 1.82) is 0 Å². The van der Waals surface area contributed by atoms with Crippen LogP contribution in [0, 0.1) is 13.8 Å². The van der Waals surface area contributed by atoms with Gasteiger partial charge in [-0.1, -0.05) is 17.7 Å². The number of carbonyl (C=O) groups excluding carboxylic acids is 1. The Labute approximate surface area is 117 Å². The van der Waals surface area contributed by atoms with Crippen LogP contribution in [0.5, 0.6) is 5.75 Å². The minimum atomic E-state index is -1.18. The van der Waals surface area contributed by atoms with Gasteiger partial charge in [-0.3, -0.25) is 4.79 Å². The molecule has 0 spiro atoms. The summed E-state index contributed by atoms with van der Waals surface area (Å²) >= 11 is 0. The lowest BCUT2D eigenvalue weighted by atomic mass is 10.1. The van der Waals surface area contributed by atoms with Crippen LogP contribution >= 0.6 is 0 Å². The fraction of sp³-hybridized carbons (Fsp3) is 0.429. The summed E-state index contributed by atoms with van der Waals surface area (Å²) in [5.41, 5.74) is 2.00. The van der Waals surface area contributed by atoms with Gasteiger partial charge in [0.25, 0.3) is 5.91 Å².